The third-order valence-corrected chi connectivity index (χ3v) is 5.94. The summed E-state index contributed by atoms with van der Waals surface area (Å²) in [4.78, 5) is 13.7. The summed E-state index contributed by atoms with van der Waals surface area (Å²) in [6.07, 6.45) is 2.58. The van der Waals surface area contributed by atoms with Crippen LogP contribution in [0.5, 0.6) is 0 Å². The van der Waals surface area contributed by atoms with Crippen LogP contribution in [-0.4, -0.2) is 58.8 Å². The van der Waals surface area contributed by atoms with Gasteiger partial charge in [0.05, 0.1) is 41.8 Å². The van der Waals surface area contributed by atoms with Crippen LogP contribution in [0, 0.1) is 17.1 Å². The summed E-state index contributed by atoms with van der Waals surface area (Å²) in [5.41, 5.74) is 4.36. The monoisotopic (exact) mass is 406 g/mol. The molecule has 0 atom stereocenters. The third-order valence-electron chi connectivity index (χ3n) is 5.94. The van der Waals surface area contributed by atoms with E-state index >= 15 is 0 Å². The van der Waals surface area contributed by atoms with Crippen molar-refractivity contribution in [3.63, 3.8) is 0 Å². The molecule has 0 spiro atoms. The van der Waals surface area contributed by atoms with Crippen LogP contribution in [-0.2, 0) is 24.3 Å². The summed E-state index contributed by atoms with van der Waals surface area (Å²) in [5.74, 6) is 0.546. The highest BCUT2D eigenvalue weighted by atomic mass is 19.1. The van der Waals surface area contributed by atoms with Crippen LogP contribution in [0.1, 0.15) is 16.8 Å². The highest BCUT2D eigenvalue weighted by molar-refractivity contribution is 5.75. The molecule has 0 unspecified atom stereocenters. The van der Waals surface area contributed by atoms with E-state index < -0.39 is 0 Å². The molecule has 0 aliphatic carbocycles. The van der Waals surface area contributed by atoms with E-state index in [9.17, 15) is 9.65 Å². The van der Waals surface area contributed by atoms with Crippen molar-refractivity contribution >= 4 is 16.9 Å². The van der Waals surface area contributed by atoms with Gasteiger partial charge in [-0.3, -0.25) is 4.90 Å². The quantitative estimate of drug-likeness (QED) is 0.662. The van der Waals surface area contributed by atoms with Crippen LogP contribution in [0.4, 0.5) is 10.2 Å². The van der Waals surface area contributed by atoms with Crippen molar-refractivity contribution < 1.29 is 9.13 Å². The van der Waals surface area contributed by atoms with Gasteiger partial charge in [0.1, 0.15) is 17.7 Å². The van der Waals surface area contributed by atoms with E-state index in [1.165, 1.54) is 12.1 Å². The van der Waals surface area contributed by atoms with Crippen molar-refractivity contribution in [3.8, 4) is 6.07 Å². The molecule has 1 aromatic carbocycles. The first-order chi connectivity index (χ1) is 14.7. The number of hydrogen-bond acceptors (Lipinski definition) is 6. The number of nitrogens with zero attached hydrogens (tertiary/aromatic N) is 6. The minimum atomic E-state index is -0.260. The van der Waals surface area contributed by atoms with Crippen LogP contribution < -0.4 is 4.90 Å². The summed E-state index contributed by atoms with van der Waals surface area (Å²) >= 11 is 0. The fourth-order valence-electron chi connectivity index (χ4n) is 4.25. The SMILES string of the molecule is N#Cc1cc2c(nc1N1CCN(CCn3cnc4cc(F)ccc43)CC1)CCOC2. The molecule has 8 heteroatoms. The second-order valence-electron chi connectivity index (χ2n) is 7.78. The lowest BCUT2D eigenvalue weighted by molar-refractivity contribution is 0.109. The first-order valence-corrected chi connectivity index (χ1v) is 10.3. The summed E-state index contributed by atoms with van der Waals surface area (Å²) in [6.45, 7) is 6.44. The minimum absolute atomic E-state index is 0.260. The Kier molecular flexibility index (Phi) is 5.07. The number of rotatable bonds is 4. The Morgan fingerprint density at radius 3 is 2.83 bits per heavy atom. The lowest BCUT2D eigenvalue weighted by atomic mass is 10.1. The molecule has 0 N–H and O–H groups in total. The summed E-state index contributed by atoms with van der Waals surface area (Å²) in [7, 11) is 0. The average Bonchev–Trinajstić information content (AvgIpc) is 3.19. The van der Waals surface area contributed by atoms with E-state index in [4.69, 9.17) is 9.72 Å². The van der Waals surface area contributed by atoms with Gasteiger partial charge in [0.2, 0.25) is 0 Å². The number of benzene rings is 1. The third kappa shape index (κ3) is 3.62. The molecule has 154 valence electrons. The standard InChI is InChI=1S/C22H23FN6O/c23-18-1-2-21-20(12-18)25-15-29(21)9-6-27-4-7-28(8-5-27)22-16(13-24)11-17-14-30-10-3-19(17)26-22/h1-2,11-12,15H,3-10,14H2. The van der Waals surface area contributed by atoms with Gasteiger partial charge in [-0.25, -0.2) is 14.4 Å². The molecule has 0 saturated carbocycles. The van der Waals surface area contributed by atoms with Gasteiger partial charge in [-0.05, 0) is 18.2 Å². The van der Waals surface area contributed by atoms with Gasteiger partial charge in [0, 0.05) is 57.3 Å². The summed E-state index contributed by atoms with van der Waals surface area (Å²) in [6, 6.07) is 8.98. The fraction of sp³-hybridized carbons (Fsp3) is 0.409. The molecule has 0 amide bonds. The van der Waals surface area contributed by atoms with Gasteiger partial charge >= 0.3 is 0 Å². The predicted molar refractivity (Wildman–Crippen MR) is 111 cm³/mol. The van der Waals surface area contributed by atoms with Crippen LogP contribution in [0.3, 0.4) is 0 Å². The van der Waals surface area contributed by atoms with Gasteiger partial charge in [0.25, 0.3) is 0 Å². The van der Waals surface area contributed by atoms with Crippen LogP contribution in [0.2, 0.25) is 0 Å². The predicted octanol–water partition coefficient (Wildman–Crippen LogP) is 2.34. The molecule has 3 aromatic rings. The highest BCUT2D eigenvalue weighted by Gasteiger charge is 2.23. The van der Waals surface area contributed by atoms with Crippen molar-refractivity contribution in [1.82, 2.24) is 19.4 Å². The minimum Gasteiger partial charge on any atom is -0.376 e. The maximum absolute atomic E-state index is 13.4. The zero-order valence-electron chi connectivity index (χ0n) is 16.7. The van der Waals surface area contributed by atoms with E-state index in [-0.39, 0.29) is 5.82 Å². The first kappa shape index (κ1) is 19.0. The van der Waals surface area contributed by atoms with Gasteiger partial charge < -0.3 is 14.2 Å². The number of fused-ring (bicyclic) bond motifs is 2. The number of anilines is 1. The molecular formula is C22H23FN6O. The van der Waals surface area contributed by atoms with E-state index in [1.54, 1.807) is 12.4 Å². The number of aromatic nitrogens is 3. The normalized spacial score (nSPS) is 17.1. The van der Waals surface area contributed by atoms with E-state index in [1.807, 2.05) is 6.07 Å². The van der Waals surface area contributed by atoms with Crippen molar-refractivity contribution in [1.29, 1.82) is 5.26 Å². The molecule has 2 aliphatic rings. The number of hydrogen-bond donors (Lipinski definition) is 0. The van der Waals surface area contributed by atoms with Crippen LogP contribution in [0.15, 0.2) is 30.6 Å². The molecule has 2 aliphatic heterocycles. The van der Waals surface area contributed by atoms with Crippen molar-refractivity contribution in [2.75, 3.05) is 44.2 Å². The molecule has 4 heterocycles. The first-order valence-electron chi connectivity index (χ1n) is 10.3. The van der Waals surface area contributed by atoms with Crippen LogP contribution >= 0.6 is 0 Å². The molecule has 0 radical (unpaired) electrons. The summed E-state index contributed by atoms with van der Waals surface area (Å²) in [5, 5.41) is 9.60. The molecule has 1 fully saturated rings. The number of halogens is 1. The molecular weight excluding hydrogens is 383 g/mol. The lowest BCUT2D eigenvalue weighted by Gasteiger charge is -2.36. The second-order valence-corrected chi connectivity index (χ2v) is 7.78. The smallest absolute Gasteiger partial charge is 0.146 e. The molecule has 1 saturated heterocycles. The Labute approximate surface area is 174 Å². The van der Waals surface area contributed by atoms with E-state index in [2.05, 4.69) is 25.4 Å². The molecule has 2 aromatic heterocycles. The lowest BCUT2D eigenvalue weighted by Crippen LogP contribution is -2.47. The molecule has 5 rings (SSSR count). The van der Waals surface area contributed by atoms with Gasteiger partial charge in [-0.15, -0.1) is 0 Å². The van der Waals surface area contributed by atoms with Crippen LogP contribution in [0.25, 0.3) is 11.0 Å². The van der Waals surface area contributed by atoms with Crippen molar-refractivity contribution in [2.45, 2.75) is 19.6 Å². The zero-order chi connectivity index (χ0) is 20.5. The van der Waals surface area contributed by atoms with Gasteiger partial charge in [-0.2, -0.15) is 5.26 Å². The Balaban J connectivity index is 1.23. The Morgan fingerprint density at radius 1 is 1.13 bits per heavy atom. The van der Waals surface area contributed by atoms with Crippen molar-refractivity contribution in [2.24, 2.45) is 0 Å². The van der Waals surface area contributed by atoms with E-state index in [0.717, 1.165) is 68.3 Å². The molecule has 7 nitrogen and oxygen atoms in total. The number of imidazole rings is 1. The summed E-state index contributed by atoms with van der Waals surface area (Å²) < 4.78 is 20.9. The van der Waals surface area contributed by atoms with E-state index in [0.29, 0.717) is 24.3 Å². The fourth-order valence-corrected chi connectivity index (χ4v) is 4.25. The molecule has 30 heavy (non-hydrogen) atoms. The van der Waals surface area contributed by atoms with Gasteiger partial charge in [0.15, 0.2) is 0 Å². The highest BCUT2D eigenvalue weighted by Crippen LogP contribution is 2.25. The number of ether oxygens (including phenoxy) is 1. The van der Waals surface area contributed by atoms with Gasteiger partial charge in [-0.1, -0.05) is 0 Å². The number of nitriles is 1. The topological polar surface area (TPSA) is 70.2 Å². The maximum Gasteiger partial charge on any atom is 0.146 e. The average molecular weight is 406 g/mol. The largest absolute Gasteiger partial charge is 0.376 e. The Bertz CT molecular complexity index is 1110. The Morgan fingerprint density at radius 2 is 2.00 bits per heavy atom. The van der Waals surface area contributed by atoms with Crippen molar-refractivity contribution in [3.05, 3.63) is 53.2 Å². The number of pyridine rings is 1. The number of piperazine rings is 1. The second kappa shape index (κ2) is 8.01. The zero-order valence-corrected chi connectivity index (χ0v) is 16.7. The Hall–Kier alpha value is -3.02. The maximum atomic E-state index is 13.4. The molecule has 0 bridgehead atoms.